The molecule has 0 saturated heterocycles. The summed E-state index contributed by atoms with van der Waals surface area (Å²) in [4.78, 5) is 24.2. The SMILES string of the molecule is O=c1[nH]c(=O)n(CC=CCBr)nc1Br. The number of aromatic amines is 1. The Labute approximate surface area is 96.1 Å². The van der Waals surface area contributed by atoms with Gasteiger partial charge in [0.2, 0.25) is 0 Å². The molecule has 0 fully saturated rings. The van der Waals surface area contributed by atoms with Crippen LogP contribution in [0, 0.1) is 0 Å². The molecule has 1 aromatic rings. The molecule has 0 spiro atoms. The highest BCUT2D eigenvalue weighted by Crippen LogP contribution is 1.92. The molecule has 0 bridgehead atoms. The van der Waals surface area contributed by atoms with Crippen LogP contribution in [0.15, 0.2) is 26.3 Å². The maximum absolute atomic E-state index is 11.2. The normalized spacial score (nSPS) is 11.0. The fourth-order valence-electron chi connectivity index (χ4n) is 0.771. The zero-order valence-electron chi connectivity index (χ0n) is 7.04. The largest absolute Gasteiger partial charge is 0.345 e. The highest BCUT2D eigenvalue weighted by atomic mass is 79.9. The average molecular weight is 325 g/mol. The van der Waals surface area contributed by atoms with E-state index in [2.05, 4.69) is 41.9 Å². The number of allylic oxidation sites excluding steroid dienone is 2. The lowest BCUT2D eigenvalue weighted by Crippen LogP contribution is -2.32. The van der Waals surface area contributed by atoms with Crippen LogP contribution in [-0.2, 0) is 6.54 Å². The Morgan fingerprint density at radius 3 is 2.79 bits per heavy atom. The van der Waals surface area contributed by atoms with Crippen molar-refractivity contribution in [3.05, 3.63) is 37.6 Å². The highest BCUT2D eigenvalue weighted by Gasteiger charge is 2.00. The standard InChI is InChI=1S/C7H7Br2N3O2/c8-3-1-2-4-12-7(14)10-6(13)5(9)11-12/h1-2H,3-4H2,(H,10,13,14). The first-order valence-corrected chi connectivity index (χ1v) is 5.64. The Balaban J connectivity index is 2.99. The van der Waals surface area contributed by atoms with Crippen LogP contribution < -0.4 is 11.2 Å². The number of nitrogens with zero attached hydrogens (tertiary/aromatic N) is 2. The lowest BCUT2D eigenvalue weighted by atomic mass is 10.5. The first-order valence-electron chi connectivity index (χ1n) is 3.73. The summed E-state index contributed by atoms with van der Waals surface area (Å²) in [6, 6.07) is 0. The second kappa shape index (κ2) is 5.26. The quantitative estimate of drug-likeness (QED) is 0.655. The van der Waals surface area contributed by atoms with Gasteiger partial charge in [-0.2, -0.15) is 5.10 Å². The zero-order chi connectivity index (χ0) is 10.6. The molecule has 76 valence electrons. The molecular formula is C7H7Br2N3O2. The van der Waals surface area contributed by atoms with Crippen molar-refractivity contribution >= 4 is 31.9 Å². The Morgan fingerprint density at radius 2 is 2.14 bits per heavy atom. The van der Waals surface area contributed by atoms with Gasteiger partial charge >= 0.3 is 5.69 Å². The van der Waals surface area contributed by atoms with Gasteiger partial charge in [0.1, 0.15) is 0 Å². The van der Waals surface area contributed by atoms with Gasteiger partial charge in [0, 0.05) is 5.33 Å². The Morgan fingerprint density at radius 1 is 1.43 bits per heavy atom. The van der Waals surface area contributed by atoms with Crippen LogP contribution >= 0.6 is 31.9 Å². The first kappa shape index (κ1) is 11.4. The lowest BCUT2D eigenvalue weighted by Gasteiger charge is -1.98. The summed E-state index contributed by atoms with van der Waals surface area (Å²) in [5.74, 6) is 0. The minimum absolute atomic E-state index is 0.101. The van der Waals surface area contributed by atoms with Crippen molar-refractivity contribution in [2.75, 3.05) is 5.33 Å². The average Bonchev–Trinajstić information content (AvgIpc) is 2.14. The molecule has 7 heteroatoms. The molecule has 0 atom stereocenters. The van der Waals surface area contributed by atoms with Crippen molar-refractivity contribution in [1.29, 1.82) is 0 Å². The monoisotopic (exact) mass is 323 g/mol. The number of H-pyrrole nitrogens is 1. The minimum Gasteiger partial charge on any atom is -0.270 e. The van der Waals surface area contributed by atoms with Gasteiger partial charge in [0.15, 0.2) is 4.60 Å². The maximum atomic E-state index is 11.2. The van der Waals surface area contributed by atoms with Crippen LogP contribution in [0.4, 0.5) is 0 Å². The number of halogens is 2. The van der Waals surface area contributed by atoms with Gasteiger partial charge in [-0.25, -0.2) is 9.48 Å². The van der Waals surface area contributed by atoms with E-state index in [4.69, 9.17) is 0 Å². The van der Waals surface area contributed by atoms with E-state index in [9.17, 15) is 9.59 Å². The third-order valence-corrected chi connectivity index (χ3v) is 2.28. The van der Waals surface area contributed by atoms with Crippen LogP contribution in [0.1, 0.15) is 0 Å². The third-order valence-electron chi connectivity index (χ3n) is 1.38. The molecule has 0 aliphatic heterocycles. The van der Waals surface area contributed by atoms with Crippen LogP contribution in [0.2, 0.25) is 0 Å². The summed E-state index contributed by atoms with van der Waals surface area (Å²) in [6.45, 7) is 0.333. The van der Waals surface area contributed by atoms with E-state index in [1.54, 1.807) is 6.08 Å². The number of rotatable bonds is 3. The third kappa shape index (κ3) is 2.91. The summed E-state index contributed by atoms with van der Waals surface area (Å²) < 4.78 is 1.26. The summed E-state index contributed by atoms with van der Waals surface area (Å²) >= 11 is 6.15. The number of aromatic nitrogens is 3. The van der Waals surface area contributed by atoms with Crippen molar-refractivity contribution in [2.24, 2.45) is 0 Å². The Hall–Kier alpha value is -0.690. The summed E-state index contributed by atoms with van der Waals surface area (Å²) in [5.41, 5.74) is -1.03. The lowest BCUT2D eigenvalue weighted by molar-refractivity contribution is 0.608. The van der Waals surface area contributed by atoms with Crippen LogP contribution in [-0.4, -0.2) is 20.1 Å². The number of hydrogen-bond acceptors (Lipinski definition) is 3. The van der Waals surface area contributed by atoms with Gasteiger partial charge < -0.3 is 0 Å². The van der Waals surface area contributed by atoms with E-state index in [1.807, 2.05) is 6.08 Å². The van der Waals surface area contributed by atoms with E-state index in [0.717, 1.165) is 4.68 Å². The van der Waals surface area contributed by atoms with Crippen LogP contribution in [0.3, 0.4) is 0 Å². The van der Waals surface area contributed by atoms with Gasteiger partial charge in [-0.1, -0.05) is 28.1 Å². The van der Waals surface area contributed by atoms with Crippen molar-refractivity contribution in [1.82, 2.24) is 14.8 Å². The molecule has 0 aliphatic rings. The highest BCUT2D eigenvalue weighted by molar-refractivity contribution is 9.10. The van der Waals surface area contributed by atoms with Gasteiger partial charge in [-0.3, -0.25) is 9.78 Å². The Kier molecular flexibility index (Phi) is 4.27. The summed E-state index contributed by atoms with van der Waals surface area (Å²) in [6.07, 6.45) is 3.61. The molecule has 0 amide bonds. The van der Waals surface area contributed by atoms with E-state index in [-0.39, 0.29) is 4.60 Å². The minimum atomic E-state index is -0.518. The molecule has 1 heterocycles. The summed E-state index contributed by atoms with van der Waals surface area (Å²) in [5, 5.41) is 4.47. The zero-order valence-corrected chi connectivity index (χ0v) is 10.2. The molecule has 1 rings (SSSR count). The van der Waals surface area contributed by atoms with Gasteiger partial charge in [0.05, 0.1) is 6.54 Å². The predicted molar refractivity (Wildman–Crippen MR) is 59.8 cm³/mol. The van der Waals surface area contributed by atoms with Gasteiger partial charge in [0.25, 0.3) is 5.56 Å². The molecule has 0 unspecified atom stereocenters. The fourth-order valence-corrected chi connectivity index (χ4v) is 1.33. The topological polar surface area (TPSA) is 67.8 Å². The van der Waals surface area contributed by atoms with Crippen molar-refractivity contribution < 1.29 is 0 Å². The smallest absolute Gasteiger partial charge is 0.270 e. The van der Waals surface area contributed by atoms with Crippen molar-refractivity contribution in [3.63, 3.8) is 0 Å². The molecule has 0 saturated carbocycles. The predicted octanol–water partition coefficient (Wildman–Crippen LogP) is 0.645. The molecule has 14 heavy (non-hydrogen) atoms. The number of hydrogen-bond donors (Lipinski definition) is 1. The molecule has 1 N–H and O–H groups in total. The summed E-state index contributed by atoms with van der Waals surface area (Å²) in [7, 11) is 0. The first-order chi connectivity index (χ1) is 6.65. The van der Waals surface area contributed by atoms with E-state index in [0.29, 0.717) is 11.9 Å². The maximum Gasteiger partial charge on any atom is 0.345 e. The second-order valence-electron chi connectivity index (χ2n) is 2.36. The van der Waals surface area contributed by atoms with Gasteiger partial charge in [-0.15, -0.1) is 0 Å². The van der Waals surface area contributed by atoms with Crippen LogP contribution in [0.5, 0.6) is 0 Å². The molecule has 1 aromatic heterocycles. The molecule has 0 radical (unpaired) electrons. The van der Waals surface area contributed by atoms with E-state index < -0.39 is 11.2 Å². The second-order valence-corrected chi connectivity index (χ2v) is 3.76. The molecule has 0 aliphatic carbocycles. The van der Waals surface area contributed by atoms with E-state index >= 15 is 0 Å². The molecule has 5 nitrogen and oxygen atoms in total. The molecule has 0 aromatic carbocycles. The fraction of sp³-hybridized carbons (Fsp3) is 0.286. The molecular weight excluding hydrogens is 318 g/mol. The number of nitrogens with one attached hydrogen (secondary N) is 1. The van der Waals surface area contributed by atoms with Crippen LogP contribution in [0.25, 0.3) is 0 Å². The Bertz CT molecular complexity index is 449. The number of alkyl halides is 1. The van der Waals surface area contributed by atoms with Crippen molar-refractivity contribution in [2.45, 2.75) is 6.54 Å². The van der Waals surface area contributed by atoms with E-state index in [1.165, 1.54) is 0 Å². The van der Waals surface area contributed by atoms with Crippen molar-refractivity contribution in [3.8, 4) is 0 Å². The van der Waals surface area contributed by atoms with Gasteiger partial charge in [-0.05, 0) is 15.9 Å².